The normalized spacial score (nSPS) is 17.4. The standard InChI is InChI=1S/C16H19NO/c1-18-15-8-7-12-9-14(6-5-13(12)10-15)16(17)11-3-2-4-11/h5-11,16H,2-4,17H2,1H3. The third kappa shape index (κ3) is 1.97. The Bertz CT molecular complexity index is 560. The van der Waals surface area contributed by atoms with Crippen LogP contribution in [0.2, 0.25) is 0 Å². The van der Waals surface area contributed by atoms with Gasteiger partial charge >= 0.3 is 0 Å². The molecule has 1 aliphatic carbocycles. The van der Waals surface area contributed by atoms with Crippen molar-refractivity contribution in [3.63, 3.8) is 0 Å². The minimum atomic E-state index is 0.199. The van der Waals surface area contributed by atoms with Gasteiger partial charge in [-0.3, -0.25) is 0 Å². The van der Waals surface area contributed by atoms with Crippen molar-refractivity contribution in [1.29, 1.82) is 0 Å². The van der Waals surface area contributed by atoms with E-state index in [0.29, 0.717) is 5.92 Å². The molecule has 18 heavy (non-hydrogen) atoms. The van der Waals surface area contributed by atoms with Crippen LogP contribution in [0.1, 0.15) is 30.9 Å². The topological polar surface area (TPSA) is 35.2 Å². The molecule has 0 amide bonds. The molecule has 2 N–H and O–H groups in total. The molecule has 0 heterocycles. The van der Waals surface area contributed by atoms with Gasteiger partial charge in [-0.2, -0.15) is 0 Å². The Hall–Kier alpha value is -1.54. The van der Waals surface area contributed by atoms with Crippen LogP contribution in [-0.4, -0.2) is 7.11 Å². The van der Waals surface area contributed by atoms with E-state index < -0.39 is 0 Å². The Morgan fingerprint density at radius 1 is 1.11 bits per heavy atom. The lowest BCUT2D eigenvalue weighted by atomic mass is 9.77. The molecule has 2 heteroatoms. The van der Waals surface area contributed by atoms with Crippen molar-refractivity contribution >= 4 is 10.8 Å². The molecule has 0 spiro atoms. The van der Waals surface area contributed by atoms with Gasteiger partial charge in [-0.15, -0.1) is 0 Å². The fourth-order valence-electron chi connectivity index (χ4n) is 2.65. The van der Waals surface area contributed by atoms with E-state index in [1.807, 2.05) is 6.07 Å². The third-order valence-corrected chi connectivity index (χ3v) is 4.11. The first-order chi connectivity index (χ1) is 8.78. The van der Waals surface area contributed by atoms with Crippen LogP contribution >= 0.6 is 0 Å². The van der Waals surface area contributed by atoms with Gasteiger partial charge < -0.3 is 10.5 Å². The second-order valence-electron chi connectivity index (χ2n) is 5.19. The van der Waals surface area contributed by atoms with Crippen LogP contribution in [0, 0.1) is 5.92 Å². The summed E-state index contributed by atoms with van der Waals surface area (Å²) in [5.41, 5.74) is 7.58. The molecule has 0 aromatic heterocycles. The van der Waals surface area contributed by atoms with Crippen molar-refractivity contribution in [2.24, 2.45) is 11.7 Å². The summed E-state index contributed by atoms with van der Waals surface area (Å²) in [5.74, 6) is 1.58. The molecular formula is C16H19NO. The molecule has 2 aromatic rings. The van der Waals surface area contributed by atoms with Gasteiger partial charge in [0.05, 0.1) is 7.11 Å². The molecule has 1 aliphatic rings. The molecule has 1 saturated carbocycles. The predicted octanol–water partition coefficient (Wildman–Crippen LogP) is 3.65. The number of benzene rings is 2. The van der Waals surface area contributed by atoms with Crippen LogP contribution in [0.3, 0.4) is 0 Å². The van der Waals surface area contributed by atoms with Crippen molar-refractivity contribution < 1.29 is 4.74 Å². The van der Waals surface area contributed by atoms with E-state index in [1.54, 1.807) is 7.11 Å². The van der Waals surface area contributed by atoms with Crippen molar-refractivity contribution in [3.05, 3.63) is 42.0 Å². The molecule has 94 valence electrons. The summed E-state index contributed by atoms with van der Waals surface area (Å²) in [5, 5.41) is 2.45. The number of hydrogen-bond acceptors (Lipinski definition) is 2. The minimum absolute atomic E-state index is 0.199. The number of rotatable bonds is 3. The van der Waals surface area contributed by atoms with Crippen LogP contribution in [0.15, 0.2) is 36.4 Å². The molecule has 1 unspecified atom stereocenters. The number of hydrogen-bond donors (Lipinski definition) is 1. The van der Waals surface area contributed by atoms with Gasteiger partial charge in [-0.1, -0.05) is 24.6 Å². The highest BCUT2D eigenvalue weighted by atomic mass is 16.5. The molecule has 2 aromatic carbocycles. The highest BCUT2D eigenvalue weighted by molar-refractivity contribution is 5.84. The maximum atomic E-state index is 6.32. The Kier molecular flexibility index (Phi) is 2.96. The first-order valence-corrected chi connectivity index (χ1v) is 6.61. The summed E-state index contributed by atoms with van der Waals surface area (Å²) < 4.78 is 5.24. The predicted molar refractivity (Wildman–Crippen MR) is 74.8 cm³/mol. The second kappa shape index (κ2) is 4.62. The van der Waals surface area contributed by atoms with Gasteiger partial charge in [-0.25, -0.2) is 0 Å². The van der Waals surface area contributed by atoms with E-state index >= 15 is 0 Å². The molecule has 1 atom stereocenters. The molecule has 0 aliphatic heterocycles. The van der Waals surface area contributed by atoms with E-state index in [4.69, 9.17) is 10.5 Å². The van der Waals surface area contributed by atoms with Gasteiger partial charge in [0.15, 0.2) is 0 Å². The van der Waals surface area contributed by atoms with Crippen LogP contribution in [-0.2, 0) is 0 Å². The maximum Gasteiger partial charge on any atom is 0.119 e. The molecule has 2 nitrogen and oxygen atoms in total. The van der Waals surface area contributed by atoms with Crippen molar-refractivity contribution in [3.8, 4) is 5.75 Å². The van der Waals surface area contributed by atoms with E-state index in [-0.39, 0.29) is 6.04 Å². The zero-order valence-corrected chi connectivity index (χ0v) is 10.7. The van der Waals surface area contributed by atoms with Crippen molar-refractivity contribution in [2.45, 2.75) is 25.3 Å². The molecule has 0 bridgehead atoms. The fraction of sp³-hybridized carbons (Fsp3) is 0.375. The van der Waals surface area contributed by atoms with E-state index in [2.05, 4.69) is 30.3 Å². The lowest BCUT2D eigenvalue weighted by molar-refractivity contribution is 0.264. The average Bonchev–Trinajstić information content (AvgIpc) is 2.35. The SMILES string of the molecule is COc1ccc2cc(C(N)C3CCC3)ccc2c1. The van der Waals surface area contributed by atoms with Crippen LogP contribution in [0.25, 0.3) is 10.8 Å². The summed E-state index contributed by atoms with van der Waals surface area (Å²) in [6, 6.07) is 12.9. The zero-order chi connectivity index (χ0) is 12.5. The monoisotopic (exact) mass is 241 g/mol. The quantitative estimate of drug-likeness (QED) is 0.890. The van der Waals surface area contributed by atoms with Gasteiger partial charge in [0, 0.05) is 6.04 Å². The second-order valence-corrected chi connectivity index (χ2v) is 5.19. The van der Waals surface area contributed by atoms with Crippen LogP contribution in [0.4, 0.5) is 0 Å². The number of ether oxygens (including phenoxy) is 1. The van der Waals surface area contributed by atoms with Gasteiger partial charge in [0.2, 0.25) is 0 Å². The van der Waals surface area contributed by atoms with E-state index in [0.717, 1.165) is 5.75 Å². The molecular weight excluding hydrogens is 222 g/mol. The summed E-state index contributed by atoms with van der Waals surface area (Å²) in [6.07, 6.45) is 3.90. The van der Waals surface area contributed by atoms with Crippen molar-refractivity contribution in [1.82, 2.24) is 0 Å². The number of fused-ring (bicyclic) bond motifs is 1. The van der Waals surface area contributed by atoms with Crippen LogP contribution < -0.4 is 10.5 Å². The van der Waals surface area contributed by atoms with E-state index in [1.165, 1.54) is 35.6 Å². The van der Waals surface area contributed by atoms with E-state index in [9.17, 15) is 0 Å². The molecule has 3 rings (SSSR count). The Morgan fingerprint density at radius 2 is 1.83 bits per heavy atom. The largest absolute Gasteiger partial charge is 0.497 e. The highest BCUT2D eigenvalue weighted by Gasteiger charge is 2.25. The van der Waals surface area contributed by atoms with Crippen molar-refractivity contribution in [2.75, 3.05) is 7.11 Å². The molecule has 1 fully saturated rings. The first-order valence-electron chi connectivity index (χ1n) is 6.61. The first kappa shape index (κ1) is 11.5. The zero-order valence-electron chi connectivity index (χ0n) is 10.7. The third-order valence-electron chi connectivity index (χ3n) is 4.11. The smallest absolute Gasteiger partial charge is 0.119 e. The lowest BCUT2D eigenvalue weighted by Gasteiger charge is -2.31. The number of methoxy groups -OCH3 is 1. The Balaban J connectivity index is 1.95. The maximum absolute atomic E-state index is 6.32. The Labute approximate surface area is 108 Å². The van der Waals surface area contributed by atoms with Gasteiger partial charge in [0.1, 0.15) is 5.75 Å². The fourth-order valence-corrected chi connectivity index (χ4v) is 2.65. The highest BCUT2D eigenvalue weighted by Crippen LogP contribution is 2.37. The lowest BCUT2D eigenvalue weighted by Crippen LogP contribution is -2.26. The summed E-state index contributed by atoms with van der Waals surface area (Å²) in [7, 11) is 1.70. The van der Waals surface area contributed by atoms with Gasteiger partial charge in [-0.05, 0) is 53.3 Å². The number of nitrogens with two attached hydrogens (primary N) is 1. The Morgan fingerprint density at radius 3 is 2.50 bits per heavy atom. The summed E-state index contributed by atoms with van der Waals surface area (Å²) in [6.45, 7) is 0. The van der Waals surface area contributed by atoms with Crippen LogP contribution in [0.5, 0.6) is 5.75 Å². The van der Waals surface area contributed by atoms with Gasteiger partial charge in [0.25, 0.3) is 0 Å². The molecule has 0 radical (unpaired) electrons. The minimum Gasteiger partial charge on any atom is -0.497 e. The average molecular weight is 241 g/mol. The molecule has 0 saturated heterocycles. The summed E-state index contributed by atoms with van der Waals surface area (Å²) in [4.78, 5) is 0. The summed E-state index contributed by atoms with van der Waals surface area (Å²) >= 11 is 0.